The standard InChI is InChI=1S/C16H23NOS/c1-2-14-5-3-10-17(11-9-14)13-16-8-7-15(19-16)6-4-12-18/h7-8,14,18H,2-3,5,9-13H2,1H3. The van der Waals surface area contributed by atoms with Crippen molar-refractivity contribution in [3.8, 4) is 11.8 Å². The van der Waals surface area contributed by atoms with Gasteiger partial charge in [0.05, 0.1) is 4.88 Å². The first-order chi connectivity index (χ1) is 9.31. The first kappa shape index (κ1) is 14.6. The maximum Gasteiger partial charge on any atom is 0.104 e. The van der Waals surface area contributed by atoms with Crippen LogP contribution in [0.25, 0.3) is 0 Å². The molecule has 1 N–H and O–H groups in total. The Bertz CT molecular complexity index is 443. The first-order valence-corrected chi connectivity index (χ1v) is 8.04. The summed E-state index contributed by atoms with van der Waals surface area (Å²) in [5.74, 6) is 6.62. The molecule has 0 spiro atoms. The molecule has 1 aliphatic heterocycles. The molecule has 0 bridgehead atoms. The lowest BCUT2D eigenvalue weighted by Crippen LogP contribution is -2.23. The van der Waals surface area contributed by atoms with Gasteiger partial charge in [-0.25, -0.2) is 0 Å². The topological polar surface area (TPSA) is 23.5 Å². The highest BCUT2D eigenvalue weighted by molar-refractivity contribution is 7.12. The average Bonchev–Trinajstić information content (AvgIpc) is 2.74. The minimum atomic E-state index is -0.0578. The van der Waals surface area contributed by atoms with Crippen LogP contribution in [0.4, 0.5) is 0 Å². The Morgan fingerprint density at radius 2 is 2.26 bits per heavy atom. The third-order valence-electron chi connectivity index (χ3n) is 3.85. The zero-order valence-electron chi connectivity index (χ0n) is 11.7. The van der Waals surface area contributed by atoms with Crippen molar-refractivity contribution in [3.63, 3.8) is 0 Å². The third-order valence-corrected chi connectivity index (χ3v) is 4.83. The van der Waals surface area contributed by atoms with Crippen molar-refractivity contribution in [1.82, 2.24) is 4.90 Å². The molecular formula is C16H23NOS. The van der Waals surface area contributed by atoms with Gasteiger partial charge in [0.2, 0.25) is 0 Å². The van der Waals surface area contributed by atoms with Gasteiger partial charge < -0.3 is 5.11 Å². The van der Waals surface area contributed by atoms with Crippen molar-refractivity contribution in [2.75, 3.05) is 19.7 Å². The predicted molar refractivity (Wildman–Crippen MR) is 81.2 cm³/mol. The van der Waals surface area contributed by atoms with E-state index in [0.717, 1.165) is 17.3 Å². The molecule has 1 saturated heterocycles. The van der Waals surface area contributed by atoms with E-state index in [1.807, 2.05) is 0 Å². The largest absolute Gasteiger partial charge is 0.384 e. The van der Waals surface area contributed by atoms with Gasteiger partial charge in [-0.1, -0.05) is 25.2 Å². The Labute approximate surface area is 120 Å². The fourth-order valence-corrected chi connectivity index (χ4v) is 3.59. The molecule has 19 heavy (non-hydrogen) atoms. The molecule has 1 aromatic heterocycles. The molecule has 1 unspecified atom stereocenters. The van der Waals surface area contributed by atoms with Gasteiger partial charge in [-0.05, 0) is 50.4 Å². The van der Waals surface area contributed by atoms with Crippen LogP contribution in [-0.2, 0) is 6.54 Å². The summed E-state index contributed by atoms with van der Waals surface area (Å²) >= 11 is 1.75. The molecule has 1 fully saturated rings. The molecule has 0 aromatic carbocycles. The second-order valence-corrected chi connectivity index (χ2v) is 6.38. The summed E-state index contributed by atoms with van der Waals surface area (Å²) in [4.78, 5) is 5.02. The third kappa shape index (κ3) is 4.65. The molecule has 3 heteroatoms. The molecule has 1 atom stereocenters. The van der Waals surface area contributed by atoms with Gasteiger partial charge in [0.15, 0.2) is 0 Å². The first-order valence-electron chi connectivity index (χ1n) is 7.22. The second-order valence-electron chi connectivity index (χ2n) is 5.21. The average molecular weight is 277 g/mol. The fraction of sp³-hybridized carbons (Fsp3) is 0.625. The highest BCUT2D eigenvalue weighted by Crippen LogP contribution is 2.23. The van der Waals surface area contributed by atoms with Crippen LogP contribution in [0.5, 0.6) is 0 Å². The van der Waals surface area contributed by atoms with Crippen molar-refractivity contribution in [2.24, 2.45) is 5.92 Å². The number of rotatable bonds is 3. The van der Waals surface area contributed by atoms with Crippen LogP contribution in [0.15, 0.2) is 12.1 Å². The van der Waals surface area contributed by atoms with Crippen molar-refractivity contribution in [3.05, 3.63) is 21.9 Å². The van der Waals surface area contributed by atoms with Gasteiger partial charge >= 0.3 is 0 Å². The lowest BCUT2D eigenvalue weighted by atomic mass is 9.98. The monoisotopic (exact) mass is 277 g/mol. The van der Waals surface area contributed by atoms with Crippen LogP contribution < -0.4 is 0 Å². The van der Waals surface area contributed by atoms with E-state index in [1.165, 1.54) is 43.6 Å². The minimum absolute atomic E-state index is 0.0578. The van der Waals surface area contributed by atoms with Crippen LogP contribution in [-0.4, -0.2) is 29.7 Å². The highest BCUT2D eigenvalue weighted by Gasteiger charge is 2.16. The summed E-state index contributed by atoms with van der Waals surface area (Å²) < 4.78 is 0. The minimum Gasteiger partial charge on any atom is -0.384 e. The van der Waals surface area contributed by atoms with E-state index in [1.54, 1.807) is 11.3 Å². The fourth-order valence-electron chi connectivity index (χ4n) is 2.67. The van der Waals surface area contributed by atoms with Crippen molar-refractivity contribution in [2.45, 2.75) is 39.2 Å². The van der Waals surface area contributed by atoms with Gasteiger partial charge in [-0.2, -0.15) is 0 Å². The molecule has 2 rings (SSSR count). The summed E-state index contributed by atoms with van der Waals surface area (Å²) in [5, 5.41) is 8.70. The molecule has 1 aliphatic rings. The summed E-state index contributed by atoms with van der Waals surface area (Å²) in [7, 11) is 0. The zero-order chi connectivity index (χ0) is 13.5. The lowest BCUT2D eigenvalue weighted by molar-refractivity contribution is 0.274. The quantitative estimate of drug-likeness (QED) is 0.858. The van der Waals surface area contributed by atoms with Crippen LogP contribution >= 0.6 is 11.3 Å². The number of thiophene rings is 1. The number of hydrogen-bond donors (Lipinski definition) is 1. The van der Waals surface area contributed by atoms with Gasteiger partial charge in [0, 0.05) is 11.4 Å². The van der Waals surface area contributed by atoms with Crippen LogP contribution in [0, 0.1) is 17.8 Å². The predicted octanol–water partition coefficient (Wildman–Crippen LogP) is 3.10. The molecule has 0 radical (unpaired) electrons. The second kappa shape index (κ2) is 7.69. The van der Waals surface area contributed by atoms with E-state index < -0.39 is 0 Å². The summed E-state index contributed by atoms with van der Waals surface area (Å²) in [6, 6.07) is 4.24. The van der Waals surface area contributed by atoms with Crippen LogP contribution in [0.1, 0.15) is 42.4 Å². The van der Waals surface area contributed by atoms with Gasteiger partial charge in [0.25, 0.3) is 0 Å². The molecule has 0 amide bonds. The maximum atomic E-state index is 8.70. The summed E-state index contributed by atoms with van der Waals surface area (Å²) in [6.07, 6.45) is 5.40. The number of aliphatic hydroxyl groups is 1. The number of hydrogen-bond acceptors (Lipinski definition) is 3. The summed E-state index contributed by atoms with van der Waals surface area (Å²) in [6.45, 7) is 5.77. The van der Waals surface area contributed by atoms with E-state index >= 15 is 0 Å². The molecule has 104 valence electrons. The molecule has 0 saturated carbocycles. The Hall–Kier alpha value is -0.820. The normalized spacial score (nSPS) is 20.6. The number of aliphatic hydroxyl groups excluding tert-OH is 1. The van der Waals surface area contributed by atoms with E-state index in [4.69, 9.17) is 5.11 Å². The zero-order valence-corrected chi connectivity index (χ0v) is 12.5. The Morgan fingerprint density at radius 3 is 3.05 bits per heavy atom. The molecule has 1 aromatic rings. The van der Waals surface area contributed by atoms with Crippen LogP contribution in [0.3, 0.4) is 0 Å². The number of nitrogens with zero attached hydrogens (tertiary/aromatic N) is 1. The Kier molecular flexibility index (Phi) is 5.91. The van der Waals surface area contributed by atoms with Crippen molar-refractivity contribution in [1.29, 1.82) is 0 Å². The van der Waals surface area contributed by atoms with E-state index in [-0.39, 0.29) is 6.61 Å². The Morgan fingerprint density at radius 1 is 1.37 bits per heavy atom. The lowest BCUT2D eigenvalue weighted by Gasteiger charge is -2.18. The molecule has 2 heterocycles. The van der Waals surface area contributed by atoms with Crippen molar-refractivity contribution >= 4 is 11.3 Å². The molecule has 2 nitrogen and oxygen atoms in total. The highest BCUT2D eigenvalue weighted by atomic mass is 32.1. The molecular weight excluding hydrogens is 254 g/mol. The SMILES string of the molecule is CCC1CCCN(Cc2ccc(C#CCO)s2)CC1. The van der Waals surface area contributed by atoms with Gasteiger partial charge in [-0.3, -0.25) is 4.90 Å². The smallest absolute Gasteiger partial charge is 0.104 e. The Balaban J connectivity index is 1.88. The molecule has 0 aliphatic carbocycles. The van der Waals surface area contributed by atoms with E-state index in [2.05, 4.69) is 35.8 Å². The van der Waals surface area contributed by atoms with Crippen molar-refractivity contribution < 1.29 is 5.11 Å². The number of likely N-dealkylation sites (tertiary alicyclic amines) is 1. The maximum absolute atomic E-state index is 8.70. The van der Waals surface area contributed by atoms with Crippen LogP contribution in [0.2, 0.25) is 0 Å². The van der Waals surface area contributed by atoms with E-state index in [9.17, 15) is 0 Å². The van der Waals surface area contributed by atoms with E-state index in [0.29, 0.717) is 0 Å². The van der Waals surface area contributed by atoms with Gasteiger partial charge in [0.1, 0.15) is 6.61 Å². The van der Waals surface area contributed by atoms with Gasteiger partial charge in [-0.15, -0.1) is 11.3 Å². The summed E-state index contributed by atoms with van der Waals surface area (Å²) in [5.41, 5.74) is 0.